The number of nitrogens with one attached hydrogen (secondary N) is 1. The number of nitrogens with zero attached hydrogens (tertiary/aromatic N) is 5. The lowest BCUT2D eigenvalue weighted by Crippen LogP contribution is -2.39. The molecule has 1 N–H and O–H groups in total. The van der Waals surface area contributed by atoms with Crippen molar-refractivity contribution in [2.75, 3.05) is 6.54 Å². The zero-order valence-electron chi connectivity index (χ0n) is 18.4. The van der Waals surface area contributed by atoms with Gasteiger partial charge in [-0.05, 0) is 23.8 Å². The first-order chi connectivity index (χ1) is 17.2. The summed E-state index contributed by atoms with van der Waals surface area (Å²) in [7, 11) is 0. The Hall–Kier alpha value is -4.53. The minimum atomic E-state index is -4.75. The van der Waals surface area contributed by atoms with Crippen LogP contribution < -0.4 is 5.56 Å². The van der Waals surface area contributed by atoms with E-state index in [0.29, 0.717) is 22.0 Å². The summed E-state index contributed by atoms with van der Waals surface area (Å²) < 4.78 is 55.5. The van der Waals surface area contributed by atoms with Crippen LogP contribution in [0, 0.1) is 17.1 Å². The number of nitriles is 1. The standard InChI is InChI=1S/C24H16F4N6O2/c25-17-6-5-13(10-18-14-3-1-2-4-15(14)21(35)32-31-18)9-16(17)22(36)33-7-8-34-20(12-33)19(11-29)30-23(34)24(26,27)28/h1-6,9H,7-8,10,12H2,(H,32,35). The predicted octanol–water partition coefficient (Wildman–Crippen LogP) is 3.40. The molecule has 0 radical (unpaired) electrons. The van der Waals surface area contributed by atoms with E-state index in [-0.39, 0.29) is 42.9 Å². The number of hydrogen-bond donors (Lipinski definition) is 1. The fourth-order valence-electron chi connectivity index (χ4n) is 4.36. The highest BCUT2D eigenvalue weighted by atomic mass is 19.4. The Labute approximate surface area is 200 Å². The first-order valence-electron chi connectivity index (χ1n) is 10.8. The Kier molecular flexibility index (Phi) is 5.55. The van der Waals surface area contributed by atoms with Crippen LogP contribution in [0.1, 0.15) is 38.8 Å². The van der Waals surface area contributed by atoms with Crippen molar-refractivity contribution in [3.05, 3.63) is 92.7 Å². The van der Waals surface area contributed by atoms with Gasteiger partial charge in [0, 0.05) is 24.9 Å². The van der Waals surface area contributed by atoms with Crippen molar-refractivity contribution in [2.45, 2.75) is 25.7 Å². The molecule has 1 aliphatic heterocycles. The summed E-state index contributed by atoms with van der Waals surface area (Å²) in [6, 6.07) is 12.5. The van der Waals surface area contributed by atoms with Crippen molar-refractivity contribution < 1.29 is 22.4 Å². The highest BCUT2D eigenvalue weighted by Crippen LogP contribution is 2.32. The number of aromatic amines is 1. The number of rotatable bonds is 3. The Balaban J connectivity index is 1.45. The lowest BCUT2D eigenvalue weighted by molar-refractivity contribution is -0.147. The molecular weight excluding hydrogens is 480 g/mol. The largest absolute Gasteiger partial charge is 0.449 e. The quantitative estimate of drug-likeness (QED) is 0.438. The molecule has 0 spiro atoms. The molecule has 4 aromatic rings. The number of imidazole rings is 1. The normalized spacial score (nSPS) is 13.5. The smallest absolute Gasteiger partial charge is 0.331 e. The minimum absolute atomic E-state index is 0.0510. The molecule has 0 fully saturated rings. The molecule has 2 aromatic carbocycles. The highest BCUT2D eigenvalue weighted by Gasteiger charge is 2.40. The van der Waals surface area contributed by atoms with Gasteiger partial charge in [0.15, 0.2) is 5.69 Å². The molecule has 1 aliphatic rings. The van der Waals surface area contributed by atoms with E-state index >= 15 is 0 Å². The highest BCUT2D eigenvalue weighted by molar-refractivity contribution is 5.95. The molecule has 0 unspecified atom stereocenters. The van der Waals surface area contributed by atoms with Crippen molar-refractivity contribution in [1.29, 1.82) is 5.26 Å². The topological polar surface area (TPSA) is 108 Å². The Bertz CT molecular complexity index is 1620. The third-order valence-corrected chi connectivity index (χ3v) is 6.06. The molecule has 182 valence electrons. The molecule has 0 atom stereocenters. The number of alkyl halides is 3. The fourth-order valence-corrected chi connectivity index (χ4v) is 4.36. The average molecular weight is 496 g/mol. The van der Waals surface area contributed by atoms with Crippen molar-refractivity contribution in [2.24, 2.45) is 0 Å². The van der Waals surface area contributed by atoms with Gasteiger partial charge < -0.3 is 9.47 Å². The molecule has 0 saturated carbocycles. The molecular formula is C24H16F4N6O2. The number of carbonyl (C=O) groups is 1. The summed E-state index contributed by atoms with van der Waals surface area (Å²) >= 11 is 0. The summed E-state index contributed by atoms with van der Waals surface area (Å²) in [6.45, 7) is -0.675. The molecule has 0 bridgehead atoms. The molecule has 5 rings (SSSR count). The van der Waals surface area contributed by atoms with Crippen LogP contribution >= 0.6 is 0 Å². The molecule has 2 aromatic heterocycles. The van der Waals surface area contributed by atoms with Gasteiger partial charge in [-0.2, -0.15) is 23.5 Å². The lowest BCUT2D eigenvalue weighted by Gasteiger charge is -2.29. The number of H-pyrrole nitrogens is 1. The molecule has 3 heterocycles. The van der Waals surface area contributed by atoms with Crippen LogP contribution in [-0.4, -0.2) is 37.1 Å². The summed E-state index contributed by atoms with van der Waals surface area (Å²) in [4.78, 5) is 29.8. The molecule has 36 heavy (non-hydrogen) atoms. The van der Waals surface area contributed by atoms with Crippen LogP contribution in [0.4, 0.5) is 17.6 Å². The Morgan fingerprint density at radius 3 is 2.61 bits per heavy atom. The van der Waals surface area contributed by atoms with Gasteiger partial charge in [0.2, 0.25) is 5.82 Å². The van der Waals surface area contributed by atoms with E-state index in [2.05, 4.69) is 15.2 Å². The number of carbonyl (C=O) groups excluding carboxylic acids is 1. The van der Waals surface area contributed by atoms with Crippen molar-refractivity contribution in [3.63, 3.8) is 0 Å². The summed E-state index contributed by atoms with van der Waals surface area (Å²) in [5.41, 5.74) is -0.0169. The number of benzene rings is 2. The van der Waals surface area contributed by atoms with Gasteiger partial charge in [-0.1, -0.05) is 24.3 Å². The Morgan fingerprint density at radius 2 is 1.89 bits per heavy atom. The minimum Gasteiger partial charge on any atom is -0.331 e. The number of amides is 1. The second-order valence-electron chi connectivity index (χ2n) is 8.25. The van der Waals surface area contributed by atoms with Gasteiger partial charge in [0.05, 0.1) is 28.9 Å². The van der Waals surface area contributed by atoms with Gasteiger partial charge in [-0.25, -0.2) is 14.5 Å². The van der Waals surface area contributed by atoms with Crippen LogP contribution in [0.2, 0.25) is 0 Å². The van der Waals surface area contributed by atoms with Gasteiger partial charge in [-0.3, -0.25) is 9.59 Å². The van der Waals surface area contributed by atoms with Crippen molar-refractivity contribution in [3.8, 4) is 6.07 Å². The van der Waals surface area contributed by atoms with E-state index in [9.17, 15) is 32.4 Å². The van der Waals surface area contributed by atoms with Crippen LogP contribution in [0.25, 0.3) is 10.8 Å². The van der Waals surface area contributed by atoms with Crippen LogP contribution in [-0.2, 0) is 25.7 Å². The monoisotopic (exact) mass is 496 g/mol. The number of aromatic nitrogens is 4. The van der Waals surface area contributed by atoms with Crippen LogP contribution in [0.3, 0.4) is 0 Å². The van der Waals surface area contributed by atoms with Crippen LogP contribution in [0.15, 0.2) is 47.3 Å². The average Bonchev–Trinajstić information content (AvgIpc) is 3.25. The van der Waals surface area contributed by atoms with Crippen molar-refractivity contribution >= 4 is 16.7 Å². The number of fused-ring (bicyclic) bond motifs is 2. The van der Waals surface area contributed by atoms with E-state index in [1.54, 1.807) is 30.3 Å². The van der Waals surface area contributed by atoms with Crippen LogP contribution in [0.5, 0.6) is 0 Å². The first kappa shape index (κ1) is 23.2. The third kappa shape index (κ3) is 3.98. The maximum absolute atomic E-state index is 14.7. The maximum Gasteiger partial charge on any atom is 0.449 e. The molecule has 12 heteroatoms. The zero-order chi connectivity index (χ0) is 25.6. The van der Waals surface area contributed by atoms with E-state index < -0.39 is 29.4 Å². The lowest BCUT2D eigenvalue weighted by atomic mass is 10.0. The van der Waals surface area contributed by atoms with Gasteiger partial charge in [0.25, 0.3) is 11.5 Å². The van der Waals surface area contributed by atoms with Crippen molar-refractivity contribution in [1.82, 2.24) is 24.6 Å². The summed E-state index contributed by atoms with van der Waals surface area (Å²) in [6.07, 6.45) is -4.56. The van der Waals surface area contributed by atoms with E-state index in [1.165, 1.54) is 17.0 Å². The summed E-state index contributed by atoms with van der Waals surface area (Å²) in [5.74, 6) is -2.72. The summed E-state index contributed by atoms with van der Waals surface area (Å²) in [5, 5.41) is 16.8. The fraction of sp³-hybridized carbons (Fsp3) is 0.208. The van der Waals surface area contributed by atoms with Gasteiger partial charge in [-0.15, -0.1) is 0 Å². The maximum atomic E-state index is 14.7. The SMILES string of the molecule is N#Cc1nc(C(F)(F)F)n2c1CN(C(=O)c1cc(Cc3n[nH]c(=O)c4ccccc34)ccc1F)CC2. The molecule has 0 aliphatic carbocycles. The predicted molar refractivity (Wildman–Crippen MR) is 118 cm³/mol. The van der Waals surface area contributed by atoms with Gasteiger partial charge >= 0.3 is 6.18 Å². The van der Waals surface area contributed by atoms with Gasteiger partial charge in [0.1, 0.15) is 11.9 Å². The number of hydrogen-bond acceptors (Lipinski definition) is 5. The van der Waals surface area contributed by atoms with E-state index in [0.717, 1.165) is 10.6 Å². The van der Waals surface area contributed by atoms with E-state index in [4.69, 9.17) is 0 Å². The Morgan fingerprint density at radius 1 is 1.14 bits per heavy atom. The second kappa shape index (κ2) is 8.60. The number of halogens is 4. The zero-order valence-corrected chi connectivity index (χ0v) is 18.4. The molecule has 8 nitrogen and oxygen atoms in total. The molecule has 0 saturated heterocycles. The second-order valence-corrected chi connectivity index (χ2v) is 8.25. The molecule has 1 amide bonds. The van der Waals surface area contributed by atoms with E-state index in [1.807, 2.05) is 0 Å². The third-order valence-electron chi connectivity index (χ3n) is 6.06. The first-order valence-corrected chi connectivity index (χ1v) is 10.8.